The van der Waals surface area contributed by atoms with Crippen molar-refractivity contribution in [2.75, 3.05) is 18.2 Å². The van der Waals surface area contributed by atoms with Crippen molar-refractivity contribution in [3.05, 3.63) is 106 Å². The molecule has 0 aliphatic rings. The first kappa shape index (κ1) is 26.1. The average Bonchev–Trinajstić information content (AvgIpc) is 3.43. The average molecular weight is 562 g/mol. The lowest BCUT2D eigenvalue weighted by molar-refractivity contribution is 0.398. The molecule has 0 spiro atoms. The Balaban J connectivity index is 1.50. The zero-order valence-electron chi connectivity index (χ0n) is 22.7. The molecule has 9 nitrogen and oxygen atoms in total. The van der Waals surface area contributed by atoms with E-state index in [1.807, 2.05) is 86.6 Å². The van der Waals surface area contributed by atoms with Crippen molar-refractivity contribution in [1.82, 2.24) is 24.5 Å². The molecule has 1 atom stereocenters. The molecule has 41 heavy (non-hydrogen) atoms. The number of aromatic nitrogens is 5. The second kappa shape index (κ2) is 10.8. The number of pyridine rings is 2. The van der Waals surface area contributed by atoms with Crippen molar-refractivity contribution in [1.29, 1.82) is 0 Å². The molecule has 3 N–H and O–H groups in total. The van der Waals surface area contributed by atoms with Crippen molar-refractivity contribution in [3.8, 4) is 33.3 Å². The summed E-state index contributed by atoms with van der Waals surface area (Å²) < 4.78 is 7.09. The van der Waals surface area contributed by atoms with Gasteiger partial charge in [0.15, 0.2) is 0 Å². The molecule has 0 radical (unpaired) electrons. The lowest BCUT2D eigenvalue weighted by Gasteiger charge is -2.22. The zero-order chi connectivity index (χ0) is 28.5. The van der Waals surface area contributed by atoms with E-state index in [-0.39, 0.29) is 17.5 Å². The van der Waals surface area contributed by atoms with Gasteiger partial charge in [-0.1, -0.05) is 36.4 Å². The van der Waals surface area contributed by atoms with E-state index < -0.39 is 0 Å². The highest BCUT2D eigenvalue weighted by atomic mass is 32.1. The normalized spacial score (nSPS) is 11.9. The third-order valence-corrected chi connectivity index (χ3v) is 7.71. The van der Waals surface area contributed by atoms with E-state index >= 15 is 0 Å². The third-order valence-electron chi connectivity index (χ3n) is 6.77. The monoisotopic (exact) mass is 561 g/mol. The van der Waals surface area contributed by atoms with Crippen molar-refractivity contribution >= 4 is 33.9 Å². The minimum atomic E-state index is -0.317. The predicted molar refractivity (Wildman–Crippen MR) is 164 cm³/mol. The highest BCUT2D eigenvalue weighted by molar-refractivity contribution is 7.15. The lowest BCUT2D eigenvalue weighted by atomic mass is 9.98. The highest BCUT2D eigenvalue weighted by Crippen LogP contribution is 2.32. The Morgan fingerprint density at radius 3 is 2.59 bits per heavy atom. The predicted octanol–water partition coefficient (Wildman–Crippen LogP) is 6.04. The number of nitrogens with two attached hydrogens (primary N) is 1. The molecule has 0 aliphatic carbocycles. The number of anilines is 2. The SMILES string of the molecule is COc1cc(-c2cccc3cc([C@H](C)Nc4cc(-c5cnc(C)s5)nc(N)n4)n(-c4ccccc4)c(=O)c23)ccn1. The number of thiazole rings is 1. The van der Waals surface area contributed by atoms with Crippen LogP contribution < -0.4 is 21.3 Å². The number of hydrogen-bond donors (Lipinski definition) is 2. The van der Waals surface area contributed by atoms with Gasteiger partial charge in [0.25, 0.3) is 5.56 Å². The van der Waals surface area contributed by atoms with E-state index in [9.17, 15) is 4.79 Å². The van der Waals surface area contributed by atoms with Gasteiger partial charge in [0.05, 0.1) is 34.1 Å². The largest absolute Gasteiger partial charge is 0.481 e. The van der Waals surface area contributed by atoms with Crippen LogP contribution in [0.2, 0.25) is 0 Å². The molecular formula is C31H27N7O2S. The summed E-state index contributed by atoms with van der Waals surface area (Å²) in [6.07, 6.45) is 3.46. The van der Waals surface area contributed by atoms with Crippen LogP contribution >= 0.6 is 11.3 Å². The second-order valence-electron chi connectivity index (χ2n) is 9.51. The zero-order valence-corrected chi connectivity index (χ0v) is 23.5. The van der Waals surface area contributed by atoms with Crippen LogP contribution in [0.4, 0.5) is 11.8 Å². The highest BCUT2D eigenvalue weighted by Gasteiger charge is 2.20. The minimum absolute atomic E-state index is 0.133. The molecular weight excluding hydrogens is 534 g/mol. The third kappa shape index (κ3) is 5.12. The van der Waals surface area contributed by atoms with E-state index in [2.05, 4.69) is 25.3 Å². The maximum Gasteiger partial charge on any atom is 0.263 e. The molecule has 4 aromatic heterocycles. The van der Waals surface area contributed by atoms with E-state index in [1.54, 1.807) is 24.1 Å². The number of para-hydroxylation sites is 1. The molecule has 204 valence electrons. The van der Waals surface area contributed by atoms with Gasteiger partial charge in [-0.25, -0.2) is 15.0 Å². The Kier molecular flexibility index (Phi) is 6.90. The summed E-state index contributed by atoms with van der Waals surface area (Å²) in [5.41, 5.74) is 9.82. The van der Waals surface area contributed by atoms with Gasteiger partial charge in [0.2, 0.25) is 11.8 Å². The summed E-state index contributed by atoms with van der Waals surface area (Å²) in [6, 6.07) is 22.8. The van der Waals surface area contributed by atoms with Crippen molar-refractivity contribution < 1.29 is 4.74 Å². The smallest absolute Gasteiger partial charge is 0.263 e. The molecule has 6 rings (SSSR count). The summed E-state index contributed by atoms with van der Waals surface area (Å²) in [4.78, 5) is 32.7. The number of nitrogens with zero attached hydrogens (tertiary/aromatic N) is 5. The first-order chi connectivity index (χ1) is 19.9. The number of hydrogen-bond acceptors (Lipinski definition) is 9. The van der Waals surface area contributed by atoms with Crippen molar-refractivity contribution in [2.45, 2.75) is 19.9 Å². The number of benzene rings is 2. The molecule has 0 saturated carbocycles. The van der Waals surface area contributed by atoms with Crippen LogP contribution in [-0.4, -0.2) is 31.6 Å². The van der Waals surface area contributed by atoms with Crippen molar-refractivity contribution in [3.63, 3.8) is 0 Å². The van der Waals surface area contributed by atoms with E-state index in [4.69, 9.17) is 10.5 Å². The number of ether oxygens (including phenoxy) is 1. The molecule has 6 aromatic rings. The lowest BCUT2D eigenvalue weighted by Crippen LogP contribution is -2.26. The summed E-state index contributed by atoms with van der Waals surface area (Å²) in [7, 11) is 1.57. The maximum atomic E-state index is 14.4. The fourth-order valence-corrected chi connectivity index (χ4v) is 5.65. The minimum Gasteiger partial charge on any atom is -0.481 e. The Morgan fingerprint density at radius 2 is 1.83 bits per heavy atom. The molecule has 2 aromatic carbocycles. The maximum absolute atomic E-state index is 14.4. The molecule has 4 heterocycles. The van der Waals surface area contributed by atoms with Gasteiger partial charge in [-0.2, -0.15) is 4.98 Å². The quantitative estimate of drug-likeness (QED) is 0.242. The van der Waals surface area contributed by atoms with Crippen LogP contribution in [0.25, 0.3) is 38.2 Å². The first-order valence-corrected chi connectivity index (χ1v) is 13.8. The molecule has 0 amide bonds. The summed E-state index contributed by atoms with van der Waals surface area (Å²) in [5.74, 6) is 1.18. The van der Waals surface area contributed by atoms with Crippen LogP contribution in [0.3, 0.4) is 0 Å². The fourth-order valence-electron chi connectivity index (χ4n) is 4.91. The Bertz CT molecular complexity index is 1940. The molecule has 0 aliphatic heterocycles. The van der Waals surface area contributed by atoms with E-state index in [0.29, 0.717) is 22.8 Å². The van der Waals surface area contributed by atoms with Crippen LogP contribution in [0.15, 0.2) is 90.0 Å². The van der Waals surface area contributed by atoms with E-state index in [0.717, 1.165) is 37.8 Å². The first-order valence-electron chi connectivity index (χ1n) is 13.0. The van der Waals surface area contributed by atoms with Crippen LogP contribution in [-0.2, 0) is 0 Å². The Hall–Kier alpha value is -5.09. The fraction of sp³-hybridized carbons (Fsp3) is 0.129. The van der Waals surface area contributed by atoms with Gasteiger partial charge in [-0.05, 0) is 54.6 Å². The summed E-state index contributed by atoms with van der Waals surface area (Å²) in [6.45, 7) is 3.94. The Labute approximate surface area is 240 Å². The Morgan fingerprint density at radius 1 is 1.00 bits per heavy atom. The summed E-state index contributed by atoms with van der Waals surface area (Å²) in [5, 5.41) is 5.81. The topological polar surface area (TPSA) is 121 Å². The number of rotatable bonds is 7. The standard InChI is InChI=1S/C31H27N7O2S/c1-18(35-27-16-24(36-31(32)37-27)26-17-34-19(2)41-26)25-14-21-8-7-11-23(20-12-13-33-28(15-20)40-3)29(21)30(39)38(25)22-9-5-4-6-10-22/h4-18H,1-3H3,(H3,32,35,36,37)/t18-/m0/s1. The van der Waals surface area contributed by atoms with Crippen molar-refractivity contribution in [2.24, 2.45) is 0 Å². The van der Waals surface area contributed by atoms with Crippen LogP contribution in [0.5, 0.6) is 5.88 Å². The van der Waals surface area contributed by atoms with Gasteiger partial charge in [0, 0.05) is 35.9 Å². The molecule has 0 fully saturated rings. The summed E-state index contributed by atoms with van der Waals surface area (Å²) >= 11 is 1.54. The van der Waals surface area contributed by atoms with Gasteiger partial charge >= 0.3 is 0 Å². The molecule has 0 saturated heterocycles. The number of methoxy groups -OCH3 is 1. The molecule has 0 bridgehead atoms. The molecule has 0 unspecified atom stereocenters. The number of nitrogen functional groups attached to an aromatic ring is 1. The van der Waals surface area contributed by atoms with Gasteiger partial charge in [-0.3, -0.25) is 9.36 Å². The number of fused-ring (bicyclic) bond motifs is 1. The van der Waals surface area contributed by atoms with Gasteiger partial charge in [0.1, 0.15) is 5.82 Å². The van der Waals surface area contributed by atoms with Crippen LogP contribution in [0, 0.1) is 6.92 Å². The molecule has 10 heteroatoms. The number of nitrogens with one attached hydrogen (secondary N) is 1. The van der Waals surface area contributed by atoms with E-state index in [1.165, 1.54) is 11.3 Å². The van der Waals surface area contributed by atoms with Crippen LogP contribution in [0.1, 0.15) is 23.7 Å². The van der Waals surface area contributed by atoms with Gasteiger partial charge in [-0.15, -0.1) is 11.3 Å². The van der Waals surface area contributed by atoms with Gasteiger partial charge < -0.3 is 15.8 Å². The number of aryl methyl sites for hydroxylation is 1. The second-order valence-corrected chi connectivity index (χ2v) is 10.7.